The molecule has 0 aliphatic carbocycles. The van der Waals surface area contributed by atoms with Gasteiger partial charge in [-0.3, -0.25) is 0 Å². The van der Waals surface area contributed by atoms with Gasteiger partial charge in [-0.05, 0) is 24.5 Å². The zero-order chi connectivity index (χ0) is 12.3. The third-order valence-corrected chi connectivity index (χ3v) is 3.37. The molecule has 1 rings (SSSR count). The van der Waals surface area contributed by atoms with E-state index in [0.29, 0.717) is 0 Å². The number of hydrogen-bond donors (Lipinski definition) is 0. The van der Waals surface area contributed by atoms with Crippen LogP contribution >= 0.6 is 0 Å². The topological polar surface area (TPSA) is 4.93 Å². The molecular weight excluding hydrogens is 206 g/mol. The second-order valence-corrected chi connectivity index (χ2v) is 5.13. The fourth-order valence-electron chi connectivity index (χ4n) is 2.32. The van der Waals surface area contributed by atoms with Crippen molar-refractivity contribution in [3.63, 3.8) is 0 Å². The highest BCUT2D eigenvalue weighted by Crippen LogP contribution is 2.09. The number of hydrogen-bond acceptors (Lipinski definition) is 0. The van der Waals surface area contributed by atoms with Crippen molar-refractivity contribution in [3.05, 3.63) is 24.0 Å². The third kappa shape index (κ3) is 6.55. The predicted octanol–water partition coefficient (Wildman–Crippen LogP) is 5.19. The van der Waals surface area contributed by atoms with E-state index < -0.39 is 0 Å². The van der Waals surface area contributed by atoms with Crippen molar-refractivity contribution in [2.24, 2.45) is 0 Å². The van der Waals surface area contributed by atoms with Crippen LogP contribution in [0.3, 0.4) is 0 Å². The lowest BCUT2D eigenvalue weighted by atomic mass is 10.1. The highest BCUT2D eigenvalue weighted by atomic mass is 14.9. The summed E-state index contributed by atoms with van der Waals surface area (Å²) < 4.78 is 2.36. The Labute approximate surface area is 107 Å². The van der Waals surface area contributed by atoms with Crippen molar-refractivity contribution in [2.45, 2.75) is 78.2 Å². The molecule has 0 radical (unpaired) electrons. The molecule has 1 nitrogen and oxygen atoms in total. The summed E-state index contributed by atoms with van der Waals surface area (Å²) in [6.45, 7) is 5.73. The summed E-state index contributed by atoms with van der Waals surface area (Å²) in [4.78, 5) is 0. The van der Waals surface area contributed by atoms with E-state index in [-0.39, 0.29) is 0 Å². The Bertz CT molecular complexity index is 275. The molecule has 0 spiro atoms. The Morgan fingerprint density at radius 2 is 1.59 bits per heavy atom. The van der Waals surface area contributed by atoms with Crippen molar-refractivity contribution in [1.29, 1.82) is 0 Å². The summed E-state index contributed by atoms with van der Waals surface area (Å²) in [5.41, 5.74) is 1.50. The normalized spacial score (nSPS) is 10.9. The molecule has 0 aliphatic rings. The minimum atomic E-state index is 1.21. The minimum absolute atomic E-state index is 1.21. The van der Waals surface area contributed by atoms with Gasteiger partial charge in [-0.15, -0.1) is 0 Å². The van der Waals surface area contributed by atoms with Crippen LogP contribution in [0, 0.1) is 0 Å². The molecule has 17 heavy (non-hydrogen) atoms. The maximum absolute atomic E-state index is 2.36. The Morgan fingerprint density at radius 3 is 2.29 bits per heavy atom. The predicted molar refractivity (Wildman–Crippen MR) is 76.4 cm³/mol. The van der Waals surface area contributed by atoms with Crippen molar-refractivity contribution in [1.82, 2.24) is 4.57 Å². The van der Waals surface area contributed by atoms with E-state index in [1.54, 1.807) is 0 Å². The number of aromatic nitrogens is 1. The second-order valence-electron chi connectivity index (χ2n) is 5.13. The first-order chi connectivity index (χ1) is 8.36. The molecule has 0 bridgehead atoms. The molecule has 0 unspecified atom stereocenters. The molecule has 0 saturated carbocycles. The average Bonchev–Trinajstić information content (AvgIpc) is 2.76. The first-order valence-corrected chi connectivity index (χ1v) is 7.51. The third-order valence-electron chi connectivity index (χ3n) is 3.37. The largest absolute Gasteiger partial charge is 0.354 e. The van der Waals surface area contributed by atoms with E-state index in [9.17, 15) is 0 Å². The van der Waals surface area contributed by atoms with Gasteiger partial charge in [-0.1, -0.05) is 58.8 Å². The lowest BCUT2D eigenvalue weighted by molar-refractivity contribution is 0.550. The van der Waals surface area contributed by atoms with Crippen molar-refractivity contribution >= 4 is 0 Å². The van der Waals surface area contributed by atoms with Crippen LogP contribution < -0.4 is 0 Å². The van der Waals surface area contributed by atoms with Gasteiger partial charge in [0.2, 0.25) is 0 Å². The van der Waals surface area contributed by atoms with Gasteiger partial charge in [0.15, 0.2) is 0 Å². The van der Waals surface area contributed by atoms with Crippen LogP contribution in [0.2, 0.25) is 0 Å². The minimum Gasteiger partial charge on any atom is -0.354 e. The standard InChI is InChI=1S/C16H29N/c1-3-5-6-7-8-9-10-13-17-14-12-16(15-17)11-4-2/h12,14-15H,3-11,13H2,1-2H3. The van der Waals surface area contributed by atoms with Crippen molar-refractivity contribution < 1.29 is 0 Å². The highest BCUT2D eigenvalue weighted by molar-refractivity contribution is 5.10. The van der Waals surface area contributed by atoms with Crippen molar-refractivity contribution in [3.8, 4) is 0 Å². The van der Waals surface area contributed by atoms with Gasteiger partial charge in [-0.25, -0.2) is 0 Å². The van der Waals surface area contributed by atoms with E-state index in [2.05, 4.69) is 36.9 Å². The van der Waals surface area contributed by atoms with Crippen LogP contribution in [-0.2, 0) is 13.0 Å². The van der Waals surface area contributed by atoms with Crippen LogP contribution in [0.4, 0.5) is 0 Å². The lowest BCUT2D eigenvalue weighted by Crippen LogP contribution is -1.94. The fourth-order valence-corrected chi connectivity index (χ4v) is 2.32. The van der Waals surface area contributed by atoms with Crippen LogP contribution in [0.5, 0.6) is 0 Å². The quantitative estimate of drug-likeness (QED) is 0.492. The maximum atomic E-state index is 2.36. The Balaban J connectivity index is 2.01. The summed E-state index contributed by atoms with van der Waals surface area (Å²) in [5, 5.41) is 0. The molecule has 0 fully saturated rings. The molecule has 0 atom stereocenters. The fraction of sp³-hybridized carbons (Fsp3) is 0.750. The second kappa shape index (κ2) is 9.32. The molecule has 0 aliphatic heterocycles. The summed E-state index contributed by atoms with van der Waals surface area (Å²) in [6, 6.07) is 2.27. The van der Waals surface area contributed by atoms with Gasteiger partial charge in [0.1, 0.15) is 0 Å². The van der Waals surface area contributed by atoms with Crippen molar-refractivity contribution in [2.75, 3.05) is 0 Å². The van der Waals surface area contributed by atoms with Gasteiger partial charge < -0.3 is 4.57 Å². The Kier molecular flexibility index (Phi) is 7.87. The summed E-state index contributed by atoms with van der Waals surface area (Å²) in [6.07, 6.45) is 16.8. The summed E-state index contributed by atoms with van der Waals surface area (Å²) in [5.74, 6) is 0. The van der Waals surface area contributed by atoms with E-state index >= 15 is 0 Å². The number of unbranched alkanes of at least 4 members (excludes halogenated alkanes) is 6. The lowest BCUT2D eigenvalue weighted by Gasteiger charge is -2.03. The van der Waals surface area contributed by atoms with E-state index in [1.165, 1.54) is 69.9 Å². The zero-order valence-corrected chi connectivity index (χ0v) is 11.8. The van der Waals surface area contributed by atoms with Crippen LogP contribution in [-0.4, -0.2) is 4.57 Å². The molecule has 1 aromatic heterocycles. The molecule has 1 aromatic rings. The van der Waals surface area contributed by atoms with E-state index in [1.807, 2.05) is 0 Å². The number of nitrogens with zero attached hydrogens (tertiary/aromatic N) is 1. The molecule has 0 amide bonds. The molecule has 0 N–H and O–H groups in total. The monoisotopic (exact) mass is 235 g/mol. The Hall–Kier alpha value is -0.720. The van der Waals surface area contributed by atoms with Crippen LogP contribution in [0.25, 0.3) is 0 Å². The van der Waals surface area contributed by atoms with Gasteiger partial charge in [-0.2, -0.15) is 0 Å². The number of rotatable bonds is 10. The smallest absolute Gasteiger partial charge is 0.0219 e. The first-order valence-electron chi connectivity index (χ1n) is 7.51. The molecule has 0 saturated heterocycles. The summed E-state index contributed by atoms with van der Waals surface area (Å²) in [7, 11) is 0. The molecule has 98 valence electrons. The van der Waals surface area contributed by atoms with E-state index in [0.717, 1.165) is 0 Å². The maximum Gasteiger partial charge on any atom is 0.0219 e. The summed E-state index contributed by atoms with van der Waals surface area (Å²) >= 11 is 0. The van der Waals surface area contributed by atoms with Gasteiger partial charge in [0.05, 0.1) is 0 Å². The number of aryl methyl sites for hydroxylation is 2. The van der Waals surface area contributed by atoms with Crippen LogP contribution in [0.15, 0.2) is 18.5 Å². The Morgan fingerprint density at radius 1 is 0.882 bits per heavy atom. The first kappa shape index (κ1) is 14.3. The van der Waals surface area contributed by atoms with E-state index in [4.69, 9.17) is 0 Å². The van der Waals surface area contributed by atoms with Gasteiger partial charge in [0.25, 0.3) is 0 Å². The molecule has 1 heteroatoms. The zero-order valence-electron chi connectivity index (χ0n) is 11.8. The van der Waals surface area contributed by atoms with Gasteiger partial charge >= 0.3 is 0 Å². The molecular formula is C16H29N. The SMILES string of the molecule is CCCCCCCCCn1ccc(CCC)c1. The molecule has 1 heterocycles. The average molecular weight is 235 g/mol. The van der Waals surface area contributed by atoms with Crippen LogP contribution in [0.1, 0.15) is 70.8 Å². The molecule has 0 aromatic carbocycles. The van der Waals surface area contributed by atoms with Gasteiger partial charge in [0, 0.05) is 18.9 Å². The highest BCUT2D eigenvalue weighted by Gasteiger charge is 1.96.